The van der Waals surface area contributed by atoms with E-state index in [0.717, 1.165) is 50.5 Å². The first kappa shape index (κ1) is 48.0. The molecule has 1 fully saturated rings. The first-order valence-electron chi connectivity index (χ1n) is 20.4. The Morgan fingerprint density at radius 3 is 1.85 bits per heavy atom. The Morgan fingerprint density at radius 1 is 0.764 bits per heavy atom. The van der Waals surface area contributed by atoms with Gasteiger partial charge in [0.2, 0.25) is 17.7 Å². The van der Waals surface area contributed by atoms with Crippen LogP contribution in [-0.2, 0) is 35.2 Å². The molecule has 1 heterocycles. The van der Waals surface area contributed by atoms with Gasteiger partial charge < -0.3 is 32.3 Å². The molecule has 1 aromatic carbocycles. The smallest absolute Gasteiger partial charge is 0.303 e. The van der Waals surface area contributed by atoms with E-state index in [9.17, 15) is 33.9 Å². The van der Waals surface area contributed by atoms with Gasteiger partial charge in [0.25, 0.3) is 0 Å². The fraction of sp³-hybridized carbons (Fsp3) is 0.707. The second-order valence-electron chi connectivity index (χ2n) is 14.9. The van der Waals surface area contributed by atoms with Crippen LogP contribution in [0.5, 0.6) is 5.75 Å². The highest BCUT2D eigenvalue weighted by Gasteiger charge is 2.33. The van der Waals surface area contributed by atoms with Gasteiger partial charge in [-0.3, -0.25) is 28.8 Å². The molecule has 0 unspecified atom stereocenters. The number of rotatable bonds is 30. The Hall–Kier alpha value is -3.10. The third kappa shape index (κ3) is 22.3. The lowest BCUT2D eigenvalue weighted by Gasteiger charge is -2.26. The van der Waals surface area contributed by atoms with Crippen molar-refractivity contribution in [2.24, 2.45) is 23.3 Å². The molecule has 14 heteroatoms. The summed E-state index contributed by atoms with van der Waals surface area (Å²) in [7, 11) is 2.86. The zero-order chi connectivity index (χ0) is 40.3. The minimum atomic E-state index is -0.819. The first-order chi connectivity index (χ1) is 26.5. The first-order valence-corrected chi connectivity index (χ1v) is 22.9. The molecule has 0 spiro atoms. The number of carboxylic acids is 1. The number of carbonyl (C=O) groups is 6. The van der Waals surface area contributed by atoms with Crippen LogP contribution in [0, 0.1) is 11.8 Å². The number of nitrogens with two attached hydrogens (primary N) is 2. The van der Waals surface area contributed by atoms with Crippen molar-refractivity contribution in [3.05, 3.63) is 29.8 Å². The number of hydrogen-bond donors (Lipinski definition) is 6. The molecule has 1 aliphatic heterocycles. The van der Waals surface area contributed by atoms with Gasteiger partial charge >= 0.3 is 5.97 Å². The van der Waals surface area contributed by atoms with Crippen LogP contribution in [0.15, 0.2) is 24.3 Å². The molecule has 0 radical (unpaired) electrons. The van der Waals surface area contributed by atoms with Gasteiger partial charge in [-0.25, -0.2) is 0 Å². The highest BCUT2D eigenvalue weighted by atomic mass is 33.1. The zero-order valence-corrected chi connectivity index (χ0v) is 34.2. The summed E-state index contributed by atoms with van der Waals surface area (Å²) in [6, 6.07) is 4.75. The van der Waals surface area contributed by atoms with Crippen molar-refractivity contribution in [3.63, 3.8) is 0 Å². The van der Waals surface area contributed by atoms with Crippen molar-refractivity contribution >= 4 is 56.8 Å². The quantitative estimate of drug-likeness (QED) is 0.0370. The summed E-state index contributed by atoms with van der Waals surface area (Å²) in [6.07, 6.45) is 17.7. The average molecular weight is 807 g/mol. The Kier molecular flexibility index (Phi) is 25.5. The van der Waals surface area contributed by atoms with Crippen molar-refractivity contribution in [2.75, 3.05) is 18.1 Å². The van der Waals surface area contributed by atoms with Crippen molar-refractivity contribution < 1.29 is 39.0 Å². The van der Waals surface area contributed by atoms with Crippen LogP contribution in [0.2, 0.25) is 0 Å². The van der Waals surface area contributed by atoms with E-state index in [4.69, 9.17) is 16.6 Å². The topological polar surface area (TPSA) is 219 Å². The van der Waals surface area contributed by atoms with E-state index in [2.05, 4.69) is 10.6 Å². The van der Waals surface area contributed by atoms with E-state index in [1.807, 2.05) is 0 Å². The number of aromatic hydroxyl groups is 1. The SMILES string of the molecule is NCCCC[C@H](NC(=O)CCCCCCCCCCCCCCCCC(=O)O)C(=O)N[C@H]1CSSC[C@@H](C(=O)C[C@@H](Cc2ccc(O)cc2)C(N)=O)CC1=O. The Morgan fingerprint density at radius 2 is 1.31 bits per heavy atom. The molecule has 4 atom stereocenters. The van der Waals surface area contributed by atoms with Gasteiger partial charge in [0.1, 0.15) is 17.6 Å². The lowest BCUT2D eigenvalue weighted by molar-refractivity contribution is -0.137. The number of phenols is 1. The number of aliphatic carboxylic acids is 1. The third-order valence-electron chi connectivity index (χ3n) is 10.1. The molecule has 55 heavy (non-hydrogen) atoms. The van der Waals surface area contributed by atoms with Crippen LogP contribution in [0.4, 0.5) is 0 Å². The molecule has 0 aromatic heterocycles. The van der Waals surface area contributed by atoms with Crippen LogP contribution in [0.3, 0.4) is 0 Å². The maximum absolute atomic E-state index is 13.5. The van der Waals surface area contributed by atoms with Crippen LogP contribution >= 0.6 is 21.6 Å². The van der Waals surface area contributed by atoms with Crippen LogP contribution < -0.4 is 22.1 Å². The summed E-state index contributed by atoms with van der Waals surface area (Å²) in [5, 5.41) is 24.0. The number of unbranched alkanes of at least 4 members (excludes halogenated alkanes) is 14. The highest BCUT2D eigenvalue weighted by molar-refractivity contribution is 8.76. The molecule has 3 amide bonds. The standard InChI is InChI=1S/C41H66N4O8S2/c42-24-16-15-17-34(44-38(49)18-13-11-9-7-5-3-1-2-4-6-8-10-12-14-19-39(50)51)41(53)45-35-29-55-54-28-32(27-37(35)48)36(47)26-31(40(43)52)25-30-20-22-33(46)23-21-30/h20-23,31-32,34-35,46H,1-19,24-29,42H2,(H2,43,52)(H,44,49)(H,45,53)(H,50,51)/t31-,32+,34+,35+/m1/s1. The van der Waals surface area contributed by atoms with Gasteiger partial charge in [-0.1, -0.05) is 111 Å². The van der Waals surface area contributed by atoms with E-state index in [1.54, 1.807) is 12.1 Å². The van der Waals surface area contributed by atoms with Gasteiger partial charge in [-0.2, -0.15) is 0 Å². The molecule has 310 valence electrons. The van der Waals surface area contributed by atoms with Crippen LogP contribution in [-0.4, -0.2) is 75.6 Å². The maximum Gasteiger partial charge on any atom is 0.303 e. The highest BCUT2D eigenvalue weighted by Crippen LogP contribution is 2.31. The van der Waals surface area contributed by atoms with Crippen molar-refractivity contribution in [2.45, 2.75) is 153 Å². The van der Waals surface area contributed by atoms with Gasteiger partial charge in [0.05, 0.1) is 6.04 Å². The number of ketones is 2. The second-order valence-corrected chi connectivity index (χ2v) is 17.4. The predicted octanol–water partition coefficient (Wildman–Crippen LogP) is 6.39. The van der Waals surface area contributed by atoms with Crippen molar-refractivity contribution in [1.82, 2.24) is 10.6 Å². The van der Waals surface area contributed by atoms with Crippen molar-refractivity contribution in [3.8, 4) is 5.75 Å². The number of carboxylic acid groups (broad SMARTS) is 1. The third-order valence-corrected chi connectivity index (χ3v) is 12.6. The van der Waals surface area contributed by atoms with Crippen LogP contribution in [0.1, 0.15) is 140 Å². The minimum Gasteiger partial charge on any atom is -0.508 e. The predicted molar refractivity (Wildman–Crippen MR) is 220 cm³/mol. The number of benzene rings is 1. The summed E-state index contributed by atoms with van der Waals surface area (Å²) >= 11 is 0. The lowest BCUT2D eigenvalue weighted by Crippen LogP contribution is -2.53. The number of nitrogens with one attached hydrogen (secondary N) is 2. The van der Waals surface area contributed by atoms with E-state index >= 15 is 0 Å². The van der Waals surface area contributed by atoms with E-state index in [1.165, 1.54) is 78.7 Å². The number of Topliss-reactive ketones (excluding diaryl/α,β-unsaturated/α-hetero) is 2. The molecule has 1 aromatic rings. The maximum atomic E-state index is 13.5. The summed E-state index contributed by atoms with van der Waals surface area (Å²) < 4.78 is 0. The summed E-state index contributed by atoms with van der Waals surface area (Å²) in [6.45, 7) is 0.468. The Balaban J connectivity index is 1.73. The second kappa shape index (κ2) is 29.2. The molecule has 1 aliphatic rings. The lowest BCUT2D eigenvalue weighted by atomic mass is 9.87. The molecule has 8 N–H and O–H groups in total. The van der Waals surface area contributed by atoms with Crippen LogP contribution in [0.25, 0.3) is 0 Å². The molecule has 0 saturated carbocycles. The van der Waals surface area contributed by atoms with Gasteiger partial charge in [-0.15, -0.1) is 0 Å². The number of carbonyl (C=O) groups excluding carboxylic acids is 5. The molecular weight excluding hydrogens is 741 g/mol. The van der Waals surface area contributed by atoms with Gasteiger partial charge in [0, 0.05) is 49.0 Å². The molecular formula is C41H66N4O8S2. The number of primary amides is 1. The Labute approximate surface area is 335 Å². The fourth-order valence-corrected chi connectivity index (χ4v) is 9.24. The number of phenolic OH excluding ortho intramolecular Hbond substituents is 1. The van der Waals surface area contributed by atoms with E-state index < -0.39 is 41.7 Å². The zero-order valence-electron chi connectivity index (χ0n) is 32.6. The summed E-state index contributed by atoms with van der Waals surface area (Å²) in [4.78, 5) is 75.9. The average Bonchev–Trinajstić information content (AvgIpc) is 3.14. The fourth-order valence-electron chi connectivity index (χ4n) is 6.70. The number of hydrogen-bond acceptors (Lipinski definition) is 10. The van der Waals surface area contributed by atoms with Gasteiger partial charge in [0.15, 0.2) is 5.78 Å². The molecule has 0 aliphatic carbocycles. The van der Waals surface area contributed by atoms with Gasteiger partial charge in [-0.05, 0) is 62.8 Å². The minimum absolute atomic E-state index is 0.0644. The normalized spacial score (nSPS) is 17.1. The molecule has 0 bridgehead atoms. The van der Waals surface area contributed by atoms with E-state index in [-0.39, 0.29) is 48.9 Å². The summed E-state index contributed by atoms with van der Waals surface area (Å²) in [5.41, 5.74) is 12.1. The van der Waals surface area contributed by atoms with Crippen molar-refractivity contribution in [1.29, 1.82) is 0 Å². The molecule has 2 rings (SSSR count). The Bertz CT molecular complexity index is 1320. The molecule has 1 saturated heterocycles. The number of amides is 3. The largest absolute Gasteiger partial charge is 0.508 e. The molecule has 12 nitrogen and oxygen atoms in total. The monoisotopic (exact) mass is 806 g/mol. The summed E-state index contributed by atoms with van der Waals surface area (Å²) in [5.74, 6) is -2.97. The van der Waals surface area contributed by atoms with E-state index in [0.29, 0.717) is 43.7 Å².